The van der Waals surface area contributed by atoms with Gasteiger partial charge in [0.05, 0.1) is 12.8 Å². The number of methoxy groups -OCH3 is 1. The number of hydrogen-bond acceptors (Lipinski definition) is 5. The number of benzene rings is 2. The molecule has 0 fully saturated rings. The third-order valence-electron chi connectivity index (χ3n) is 3.32. The van der Waals surface area contributed by atoms with Gasteiger partial charge in [0.1, 0.15) is 17.3 Å². The van der Waals surface area contributed by atoms with E-state index in [1.807, 2.05) is 29.6 Å². The first kappa shape index (κ1) is 16.9. The number of hydrogen-bond donors (Lipinski definition) is 1. The van der Waals surface area contributed by atoms with Gasteiger partial charge in [-0.25, -0.2) is 9.37 Å². The number of anilines is 1. The summed E-state index contributed by atoms with van der Waals surface area (Å²) in [6, 6.07) is 13.0. The lowest BCUT2D eigenvalue weighted by Crippen LogP contribution is -2.20. The molecule has 0 unspecified atom stereocenters. The van der Waals surface area contributed by atoms with Crippen LogP contribution in [0.1, 0.15) is 0 Å². The zero-order chi connectivity index (χ0) is 17.6. The van der Waals surface area contributed by atoms with E-state index in [1.165, 1.54) is 35.6 Å². The number of nitrogens with one attached hydrogen (secondary N) is 1. The van der Waals surface area contributed by atoms with Crippen LogP contribution in [0.5, 0.6) is 11.5 Å². The minimum absolute atomic E-state index is 0.177. The molecule has 3 rings (SSSR count). The van der Waals surface area contributed by atoms with Crippen molar-refractivity contribution in [2.75, 3.05) is 19.0 Å². The van der Waals surface area contributed by atoms with Crippen LogP contribution < -0.4 is 14.8 Å². The standard InChI is InChI=1S/C18H15FN2O3S/c1-23-14-6-2-12(3-7-14)16-11-25-18(20-16)21-17(22)10-24-15-8-4-13(19)5-9-15/h2-9,11H,10H2,1H3,(H,20,21,22). The van der Waals surface area contributed by atoms with E-state index < -0.39 is 0 Å². The Bertz CT molecular complexity index is 848. The summed E-state index contributed by atoms with van der Waals surface area (Å²) in [6.07, 6.45) is 0. The maximum atomic E-state index is 12.8. The Morgan fingerprint density at radius 1 is 1.12 bits per heavy atom. The minimum Gasteiger partial charge on any atom is -0.497 e. The minimum atomic E-state index is -0.356. The number of carbonyl (C=O) groups is 1. The van der Waals surface area contributed by atoms with Crippen molar-refractivity contribution in [3.05, 3.63) is 59.7 Å². The number of rotatable bonds is 6. The predicted molar refractivity (Wildman–Crippen MR) is 94.6 cm³/mol. The molecule has 0 bridgehead atoms. The van der Waals surface area contributed by atoms with E-state index in [9.17, 15) is 9.18 Å². The summed E-state index contributed by atoms with van der Waals surface area (Å²) in [6.45, 7) is -0.177. The summed E-state index contributed by atoms with van der Waals surface area (Å²) in [5.41, 5.74) is 1.70. The Hall–Kier alpha value is -2.93. The number of halogens is 1. The van der Waals surface area contributed by atoms with Crippen molar-refractivity contribution in [3.8, 4) is 22.8 Å². The van der Waals surface area contributed by atoms with Crippen molar-refractivity contribution in [1.29, 1.82) is 0 Å². The topological polar surface area (TPSA) is 60.5 Å². The molecule has 0 radical (unpaired) electrons. The molecular formula is C18H15FN2O3S. The van der Waals surface area contributed by atoms with Crippen LogP contribution in [-0.4, -0.2) is 24.6 Å². The number of ether oxygens (including phenoxy) is 2. The van der Waals surface area contributed by atoms with E-state index in [4.69, 9.17) is 9.47 Å². The van der Waals surface area contributed by atoms with Crippen LogP contribution in [0.3, 0.4) is 0 Å². The SMILES string of the molecule is COc1ccc(-c2csc(NC(=O)COc3ccc(F)cc3)n2)cc1. The Morgan fingerprint density at radius 3 is 2.48 bits per heavy atom. The number of aromatic nitrogens is 1. The zero-order valence-electron chi connectivity index (χ0n) is 13.4. The fraction of sp³-hybridized carbons (Fsp3) is 0.111. The second kappa shape index (κ2) is 7.76. The Kier molecular flexibility index (Phi) is 5.25. The van der Waals surface area contributed by atoms with Gasteiger partial charge in [-0.15, -0.1) is 11.3 Å². The highest BCUT2D eigenvalue weighted by molar-refractivity contribution is 7.14. The molecule has 7 heteroatoms. The normalized spacial score (nSPS) is 10.3. The summed E-state index contributed by atoms with van der Waals surface area (Å²) in [5.74, 6) is 0.505. The highest BCUT2D eigenvalue weighted by Gasteiger charge is 2.09. The molecule has 0 atom stereocenters. The Balaban J connectivity index is 1.56. The fourth-order valence-electron chi connectivity index (χ4n) is 2.06. The Labute approximate surface area is 148 Å². The van der Waals surface area contributed by atoms with Gasteiger partial charge in [0.2, 0.25) is 0 Å². The number of thiazole rings is 1. The van der Waals surface area contributed by atoms with Crippen LogP contribution in [0.25, 0.3) is 11.3 Å². The predicted octanol–water partition coefficient (Wildman–Crippen LogP) is 3.98. The van der Waals surface area contributed by atoms with Gasteiger partial charge in [-0.1, -0.05) is 0 Å². The summed E-state index contributed by atoms with van der Waals surface area (Å²) in [7, 11) is 1.61. The molecule has 1 aromatic heterocycles. The van der Waals surface area contributed by atoms with Gasteiger partial charge in [0.15, 0.2) is 11.7 Å². The third-order valence-corrected chi connectivity index (χ3v) is 4.08. The van der Waals surface area contributed by atoms with Crippen molar-refractivity contribution >= 4 is 22.4 Å². The molecule has 0 saturated carbocycles. The second-order valence-electron chi connectivity index (χ2n) is 5.06. The molecule has 0 spiro atoms. The van der Waals surface area contributed by atoms with Crippen molar-refractivity contribution in [2.45, 2.75) is 0 Å². The van der Waals surface area contributed by atoms with Gasteiger partial charge in [-0.05, 0) is 48.5 Å². The van der Waals surface area contributed by atoms with Crippen molar-refractivity contribution < 1.29 is 18.7 Å². The van der Waals surface area contributed by atoms with Gasteiger partial charge in [-0.2, -0.15) is 0 Å². The quantitative estimate of drug-likeness (QED) is 0.724. The maximum Gasteiger partial charge on any atom is 0.264 e. The molecule has 2 aromatic carbocycles. The van der Waals surface area contributed by atoms with Crippen LogP contribution in [0.15, 0.2) is 53.9 Å². The fourth-order valence-corrected chi connectivity index (χ4v) is 2.80. The smallest absolute Gasteiger partial charge is 0.264 e. The largest absolute Gasteiger partial charge is 0.497 e. The monoisotopic (exact) mass is 358 g/mol. The van der Waals surface area contributed by atoms with Crippen LogP contribution >= 0.6 is 11.3 Å². The highest BCUT2D eigenvalue weighted by atomic mass is 32.1. The molecule has 3 aromatic rings. The van der Waals surface area contributed by atoms with E-state index in [-0.39, 0.29) is 18.3 Å². The van der Waals surface area contributed by atoms with Crippen LogP contribution in [0.4, 0.5) is 9.52 Å². The third kappa shape index (κ3) is 4.54. The maximum absolute atomic E-state index is 12.8. The lowest BCUT2D eigenvalue weighted by atomic mass is 10.2. The van der Waals surface area contributed by atoms with Gasteiger partial charge >= 0.3 is 0 Å². The van der Waals surface area contributed by atoms with Gasteiger partial charge in [-0.3, -0.25) is 10.1 Å². The molecule has 0 aliphatic heterocycles. The van der Waals surface area contributed by atoms with Gasteiger partial charge in [0, 0.05) is 10.9 Å². The molecule has 1 N–H and O–H groups in total. The van der Waals surface area contributed by atoms with Crippen LogP contribution in [0, 0.1) is 5.82 Å². The molecule has 1 amide bonds. The average molecular weight is 358 g/mol. The number of nitrogens with zero attached hydrogens (tertiary/aromatic N) is 1. The molecule has 1 heterocycles. The van der Waals surface area contributed by atoms with Crippen molar-refractivity contribution in [3.63, 3.8) is 0 Å². The highest BCUT2D eigenvalue weighted by Crippen LogP contribution is 2.26. The number of amides is 1. The lowest BCUT2D eigenvalue weighted by Gasteiger charge is -2.05. The molecule has 0 saturated heterocycles. The number of carbonyl (C=O) groups excluding carboxylic acids is 1. The molecule has 128 valence electrons. The average Bonchev–Trinajstić information content (AvgIpc) is 3.10. The van der Waals surface area contributed by atoms with Gasteiger partial charge in [0.25, 0.3) is 5.91 Å². The van der Waals surface area contributed by atoms with E-state index in [0.29, 0.717) is 10.9 Å². The summed E-state index contributed by atoms with van der Waals surface area (Å²) >= 11 is 1.33. The molecule has 25 heavy (non-hydrogen) atoms. The van der Waals surface area contributed by atoms with Crippen molar-refractivity contribution in [1.82, 2.24) is 4.98 Å². The first-order chi connectivity index (χ1) is 12.1. The first-order valence-corrected chi connectivity index (χ1v) is 8.30. The molecular weight excluding hydrogens is 343 g/mol. The summed E-state index contributed by atoms with van der Waals surface area (Å²) < 4.78 is 23.2. The lowest BCUT2D eigenvalue weighted by molar-refractivity contribution is -0.118. The zero-order valence-corrected chi connectivity index (χ0v) is 14.2. The van der Waals surface area contributed by atoms with E-state index in [1.54, 1.807) is 7.11 Å². The summed E-state index contributed by atoms with van der Waals surface area (Å²) in [5, 5.41) is 5.03. The molecule has 0 aliphatic carbocycles. The van der Waals surface area contributed by atoms with E-state index in [0.717, 1.165) is 17.0 Å². The van der Waals surface area contributed by atoms with E-state index >= 15 is 0 Å². The van der Waals surface area contributed by atoms with Crippen LogP contribution in [0.2, 0.25) is 0 Å². The van der Waals surface area contributed by atoms with Crippen LogP contribution in [-0.2, 0) is 4.79 Å². The molecule has 5 nitrogen and oxygen atoms in total. The first-order valence-electron chi connectivity index (χ1n) is 7.42. The Morgan fingerprint density at radius 2 is 1.80 bits per heavy atom. The summed E-state index contributed by atoms with van der Waals surface area (Å²) in [4.78, 5) is 16.3. The molecule has 0 aliphatic rings. The van der Waals surface area contributed by atoms with Crippen molar-refractivity contribution in [2.24, 2.45) is 0 Å². The second-order valence-corrected chi connectivity index (χ2v) is 5.92. The van der Waals surface area contributed by atoms with Gasteiger partial charge < -0.3 is 9.47 Å². The van der Waals surface area contributed by atoms with E-state index in [2.05, 4.69) is 10.3 Å².